The van der Waals surface area contributed by atoms with Gasteiger partial charge in [0.2, 0.25) is 0 Å². The van der Waals surface area contributed by atoms with Crippen molar-refractivity contribution in [1.82, 2.24) is 4.98 Å². The molecule has 4 nitrogen and oxygen atoms in total. The molecule has 1 saturated carbocycles. The molecule has 1 aromatic rings. The molecule has 1 aliphatic rings. The monoisotopic (exact) mass is 280 g/mol. The van der Waals surface area contributed by atoms with Crippen LogP contribution < -0.4 is 5.32 Å². The van der Waals surface area contributed by atoms with E-state index >= 15 is 0 Å². The second-order valence-corrected chi connectivity index (χ2v) is 6.11. The van der Waals surface area contributed by atoms with Crippen LogP contribution in [-0.2, 0) is 0 Å². The number of carbonyl (C=O) groups is 1. The van der Waals surface area contributed by atoms with Gasteiger partial charge in [-0.3, -0.25) is 4.98 Å². The van der Waals surface area contributed by atoms with Crippen molar-refractivity contribution in [2.45, 2.75) is 44.4 Å². The Bertz CT molecular complexity index is 491. The van der Waals surface area contributed by atoms with Gasteiger partial charge in [-0.25, -0.2) is 4.79 Å². The highest BCUT2D eigenvalue weighted by atomic mass is 32.2. The lowest BCUT2D eigenvalue weighted by atomic mass is 10.1. The third kappa shape index (κ3) is 3.03. The number of hydrogen-bond donors (Lipinski definition) is 2. The quantitative estimate of drug-likeness (QED) is 0.887. The Hall–Kier alpha value is -1.23. The van der Waals surface area contributed by atoms with Crippen LogP contribution in [0.4, 0.5) is 5.69 Å². The van der Waals surface area contributed by atoms with Gasteiger partial charge < -0.3 is 10.4 Å². The zero-order chi connectivity index (χ0) is 14.0. The van der Waals surface area contributed by atoms with Crippen molar-refractivity contribution >= 4 is 23.4 Å². The first-order valence-corrected chi connectivity index (χ1v) is 7.82. The summed E-state index contributed by atoms with van der Waals surface area (Å²) in [6.45, 7) is 3.65. The van der Waals surface area contributed by atoms with Crippen LogP contribution in [0.1, 0.15) is 41.0 Å². The minimum Gasteiger partial charge on any atom is -0.478 e. The van der Waals surface area contributed by atoms with E-state index in [1.54, 1.807) is 6.92 Å². The van der Waals surface area contributed by atoms with E-state index in [4.69, 9.17) is 0 Å². The fourth-order valence-electron chi connectivity index (χ4n) is 2.79. The van der Waals surface area contributed by atoms with Gasteiger partial charge in [-0.2, -0.15) is 11.8 Å². The summed E-state index contributed by atoms with van der Waals surface area (Å²) in [5.74, 6) is -0.911. The number of carboxylic acids is 1. The van der Waals surface area contributed by atoms with Crippen molar-refractivity contribution in [3.8, 4) is 0 Å². The highest BCUT2D eigenvalue weighted by Crippen LogP contribution is 2.32. The van der Waals surface area contributed by atoms with Crippen molar-refractivity contribution < 1.29 is 9.90 Å². The average molecular weight is 280 g/mol. The van der Waals surface area contributed by atoms with Crippen molar-refractivity contribution in [2.75, 3.05) is 11.6 Å². The maximum absolute atomic E-state index is 11.4. The molecule has 2 unspecified atom stereocenters. The number of aryl methyl sites for hydroxylation is 2. The lowest BCUT2D eigenvalue weighted by Crippen LogP contribution is -2.27. The SMILES string of the molecule is CSC1CCCC1Nc1cc(C)nc(C)c1C(=O)O. The molecular formula is C14H20N2O2S. The van der Waals surface area contributed by atoms with Crippen LogP contribution in [0.25, 0.3) is 0 Å². The number of nitrogens with one attached hydrogen (secondary N) is 1. The highest BCUT2D eigenvalue weighted by molar-refractivity contribution is 7.99. The molecule has 0 saturated heterocycles. The van der Waals surface area contributed by atoms with E-state index in [1.807, 2.05) is 24.8 Å². The smallest absolute Gasteiger partial charge is 0.339 e. The number of aromatic carboxylic acids is 1. The van der Waals surface area contributed by atoms with Gasteiger partial charge in [0.25, 0.3) is 0 Å². The van der Waals surface area contributed by atoms with Gasteiger partial charge in [-0.15, -0.1) is 0 Å². The Morgan fingerprint density at radius 1 is 1.47 bits per heavy atom. The van der Waals surface area contributed by atoms with Gasteiger partial charge in [0.15, 0.2) is 0 Å². The Labute approximate surface area is 118 Å². The molecule has 2 atom stereocenters. The Morgan fingerprint density at radius 2 is 2.21 bits per heavy atom. The highest BCUT2D eigenvalue weighted by Gasteiger charge is 2.28. The summed E-state index contributed by atoms with van der Waals surface area (Å²) in [6.07, 6.45) is 5.62. The summed E-state index contributed by atoms with van der Waals surface area (Å²) in [4.78, 5) is 15.6. The molecule has 19 heavy (non-hydrogen) atoms. The van der Waals surface area contributed by atoms with Crippen molar-refractivity contribution in [2.24, 2.45) is 0 Å². The largest absolute Gasteiger partial charge is 0.478 e. The number of rotatable bonds is 4. The number of hydrogen-bond acceptors (Lipinski definition) is 4. The first kappa shape index (κ1) is 14.2. The van der Waals surface area contributed by atoms with Gasteiger partial charge in [0.1, 0.15) is 5.56 Å². The molecular weight excluding hydrogens is 260 g/mol. The van der Waals surface area contributed by atoms with Crippen LogP contribution in [0.3, 0.4) is 0 Å². The zero-order valence-corrected chi connectivity index (χ0v) is 12.4. The van der Waals surface area contributed by atoms with Crippen molar-refractivity contribution in [3.63, 3.8) is 0 Å². The van der Waals surface area contributed by atoms with E-state index < -0.39 is 5.97 Å². The molecule has 1 aliphatic carbocycles. The van der Waals surface area contributed by atoms with Crippen LogP contribution in [0, 0.1) is 13.8 Å². The molecule has 0 aromatic carbocycles. The molecule has 104 valence electrons. The average Bonchev–Trinajstić information content (AvgIpc) is 2.74. The first-order valence-electron chi connectivity index (χ1n) is 6.53. The normalized spacial score (nSPS) is 22.5. The molecule has 5 heteroatoms. The van der Waals surface area contributed by atoms with E-state index in [9.17, 15) is 9.90 Å². The number of carboxylic acid groups (broad SMARTS) is 1. The molecule has 0 bridgehead atoms. The fourth-order valence-corrected chi connectivity index (χ4v) is 3.72. The van der Waals surface area contributed by atoms with Gasteiger partial charge in [-0.05, 0) is 39.0 Å². The second kappa shape index (κ2) is 5.82. The summed E-state index contributed by atoms with van der Waals surface area (Å²) in [5, 5.41) is 13.3. The second-order valence-electron chi connectivity index (χ2n) is 5.03. The van der Waals surface area contributed by atoms with E-state index in [1.165, 1.54) is 12.8 Å². The van der Waals surface area contributed by atoms with Gasteiger partial charge >= 0.3 is 5.97 Å². The molecule has 0 radical (unpaired) electrons. The molecule has 0 spiro atoms. The van der Waals surface area contributed by atoms with E-state index in [0.29, 0.717) is 28.2 Å². The Balaban J connectivity index is 2.31. The standard InChI is InChI=1S/C14H20N2O2S/c1-8-7-11(13(14(17)18)9(2)15-8)16-10-5-4-6-12(10)19-3/h7,10,12H,4-6H2,1-3H3,(H,15,16)(H,17,18). The predicted octanol–water partition coefficient (Wildman–Crippen LogP) is 3.09. The molecule has 2 N–H and O–H groups in total. The van der Waals surface area contributed by atoms with Crippen LogP contribution in [-0.4, -0.2) is 33.6 Å². The van der Waals surface area contributed by atoms with E-state index in [2.05, 4.69) is 16.6 Å². The molecule has 2 rings (SSSR count). The van der Waals surface area contributed by atoms with E-state index in [0.717, 1.165) is 12.1 Å². The van der Waals surface area contributed by atoms with Crippen molar-refractivity contribution in [3.05, 3.63) is 23.0 Å². The lowest BCUT2D eigenvalue weighted by Gasteiger charge is -2.22. The summed E-state index contributed by atoms with van der Waals surface area (Å²) >= 11 is 1.86. The summed E-state index contributed by atoms with van der Waals surface area (Å²) in [5.41, 5.74) is 2.44. The third-order valence-electron chi connectivity index (χ3n) is 3.64. The minimum atomic E-state index is -0.911. The van der Waals surface area contributed by atoms with Gasteiger partial charge in [0, 0.05) is 17.0 Å². The Kier molecular flexibility index (Phi) is 4.34. The van der Waals surface area contributed by atoms with Gasteiger partial charge in [-0.1, -0.05) is 6.42 Å². The third-order valence-corrected chi connectivity index (χ3v) is 4.81. The van der Waals surface area contributed by atoms with Crippen molar-refractivity contribution in [1.29, 1.82) is 0 Å². The first-order chi connectivity index (χ1) is 9.02. The maximum atomic E-state index is 11.4. The minimum absolute atomic E-state index is 0.303. The molecule has 1 aromatic heterocycles. The van der Waals surface area contributed by atoms with Crippen LogP contribution in [0.15, 0.2) is 6.07 Å². The molecule has 1 fully saturated rings. The fraction of sp³-hybridized carbons (Fsp3) is 0.571. The molecule has 0 aliphatic heterocycles. The number of nitrogens with zero attached hydrogens (tertiary/aromatic N) is 1. The maximum Gasteiger partial charge on any atom is 0.339 e. The Morgan fingerprint density at radius 3 is 2.84 bits per heavy atom. The summed E-state index contributed by atoms with van der Waals surface area (Å²) in [7, 11) is 0. The predicted molar refractivity (Wildman–Crippen MR) is 79.2 cm³/mol. The van der Waals surface area contributed by atoms with Crippen LogP contribution in [0.2, 0.25) is 0 Å². The number of thioether (sulfide) groups is 1. The summed E-state index contributed by atoms with van der Waals surface area (Å²) < 4.78 is 0. The molecule has 0 amide bonds. The number of aromatic nitrogens is 1. The summed E-state index contributed by atoms with van der Waals surface area (Å²) in [6, 6.07) is 2.20. The topological polar surface area (TPSA) is 62.2 Å². The molecule has 1 heterocycles. The number of anilines is 1. The number of pyridine rings is 1. The van der Waals surface area contributed by atoms with E-state index in [-0.39, 0.29) is 0 Å². The van der Waals surface area contributed by atoms with Crippen LogP contribution in [0.5, 0.6) is 0 Å². The van der Waals surface area contributed by atoms with Gasteiger partial charge in [0.05, 0.1) is 11.4 Å². The zero-order valence-electron chi connectivity index (χ0n) is 11.6. The van der Waals surface area contributed by atoms with Crippen LogP contribution >= 0.6 is 11.8 Å². The lowest BCUT2D eigenvalue weighted by molar-refractivity contribution is 0.0696.